The average molecular weight is 311 g/mol. The Hall–Kier alpha value is -1.63. The number of rotatable bonds is 4. The van der Waals surface area contributed by atoms with Crippen molar-refractivity contribution in [3.63, 3.8) is 0 Å². The molecular formula is C14H19ClN4O2. The van der Waals surface area contributed by atoms with Crippen LogP contribution in [0.15, 0.2) is 30.1 Å². The molecule has 0 saturated carbocycles. The summed E-state index contributed by atoms with van der Waals surface area (Å²) < 4.78 is 11.0. The van der Waals surface area contributed by atoms with Crippen molar-refractivity contribution < 1.29 is 9.47 Å². The van der Waals surface area contributed by atoms with Gasteiger partial charge in [-0.1, -0.05) is 6.08 Å². The Morgan fingerprint density at radius 3 is 3.00 bits per heavy atom. The van der Waals surface area contributed by atoms with Gasteiger partial charge in [0.15, 0.2) is 5.82 Å². The molecule has 21 heavy (non-hydrogen) atoms. The van der Waals surface area contributed by atoms with Gasteiger partial charge in [-0.15, -0.1) is 12.4 Å². The van der Waals surface area contributed by atoms with Gasteiger partial charge in [-0.05, 0) is 12.2 Å². The Kier molecular flexibility index (Phi) is 5.17. The quantitative estimate of drug-likeness (QED) is 0.904. The molecule has 114 valence electrons. The molecule has 2 aliphatic rings. The van der Waals surface area contributed by atoms with Crippen molar-refractivity contribution in [1.82, 2.24) is 15.3 Å². The van der Waals surface area contributed by atoms with Crippen LogP contribution in [-0.2, 0) is 11.3 Å². The monoisotopic (exact) mass is 310 g/mol. The predicted molar refractivity (Wildman–Crippen MR) is 82.9 cm³/mol. The SMILES string of the molecule is COC[C@H]1CNCc2ncc(N(C)C3=CC=C3)nc2O1.Cl. The molecule has 3 rings (SSSR count). The summed E-state index contributed by atoms with van der Waals surface area (Å²) in [4.78, 5) is 11.0. The van der Waals surface area contributed by atoms with Crippen LogP contribution in [0.2, 0.25) is 0 Å². The molecule has 1 aromatic rings. The highest BCUT2D eigenvalue weighted by atomic mass is 35.5. The molecular weight excluding hydrogens is 292 g/mol. The van der Waals surface area contributed by atoms with E-state index in [0.29, 0.717) is 19.0 Å². The number of fused-ring (bicyclic) bond motifs is 1. The maximum atomic E-state index is 5.89. The fourth-order valence-electron chi connectivity index (χ4n) is 2.13. The summed E-state index contributed by atoms with van der Waals surface area (Å²) >= 11 is 0. The van der Waals surface area contributed by atoms with Crippen LogP contribution in [0, 0.1) is 0 Å². The molecule has 1 aliphatic heterocycles. The molecule has 1 N–H and O–H groups in total. The first kappa shape index (κ1) is 15.8. The molecule has 0 spiro atoms. The Morgan fingerprint density at radius 2 is 2.33 bits per heavy atom. The number of hydrogen-bond acceptors (Lipinski definition) is 6. The lowest BCUT2D eigenvalue weighted by molar-refractivity contribution is 0.0810. The number of nitrogens with zero attached hydrogens (tertiary/aromatic N) is 3. The maximum absolute atomic E-state index is 5.89. The summed E-state index contributed by atoms with van der Waals surface area (Å²) in [6.45, 7) is 1.92. The molecule has 2 heterocycles. The largest absolute Gasteiger partial charge is 0.469 e. The van der Waals surface area contributed by atoms with Crippen LogP contribution < -0.4 is 15.0 Å². The second kappa shape index (κ2) is 6.89. The molecule has 0 aromatic carbocycles. The molecule has 0 unspecified atom stereocenters. The Balaban J connectivity index is 0.00000161. The zero-order valence-corrected chi connectivity index (χ0v) is 12.9. The molecule has 0 fully saturated rings. The number of anilines is 1. The van der Waals surface area contributed by atoms with Crippen molar-refractivity contribution in [3.8, 4) is 5.88 Å². The van der Waals surface area contributed by atoms with E-state index in [0.717, 1.165) is 23.8 Å². The van der Waals surface area contributed by atoms with Crippen molar-refractivity contribution in [1.29, 1.82) is 0 Å². The topological polar surface area (TPSA) is 59.5 Å². The maximum Gasteiger partial charge on any atom is 0.239 e. The molecule has 1 atom stereocenters. The second-order valence-corrected chi connectivity index (χ2v) is 4.82. The minimum Gasteiger partial charge on any atom is -0.469 e. The van der Waals surface area contributed by atoms with Crippen molar-refractivity contribution in [2.75, 3.05) is 32.2 Å². The van der Waals surface area contributed by atoms with Crippen LogP contribution in [0.3, 0.4) is 0 Å². The molecule has 0 saturated heterocycles. The molecule has 6 nitrogen and oxygen atoms in total. The Labute approximate surface area is 130 Å². The first-order valence-corrected chi connectivity index (χ1v) is 6.62. The zero-order chi connectivity index (χ0) is 13.9. The van der Waals surface area contributed by atoms with Gasteiger partial charge in [-0.3, -0.25) is 4.98 Å². The predicted octanol–water partition coefficient (Wildman–Crippen LogP) is 1.29. The van der Waals surface area contributed by atoms with Gasteiger partial charge >= 0.3 is 0 Å². The van der Waals surface area contributed by atoms with Crippen LogP contribution in [0.25, 0.3) is 0 Å². The normalized spacial score (nSPS) is 19.3. The van der Waals surface area contributed by atoms with E-state index in [1.807, 2.05) is 30.2 Å². The van der Waals surface area contributed by atoms with Gasteiger partial charge in [-0.2, -0.15) is 4.98 Å². The Bertz CT molecular complexity index is 562. The van der Waals surface area contributed by atoms with Crippen molar-refractivity contribution in [2.45, 2.75) is 12.6 Å². The fourth-order valence-corrected chi connectivity index (χ4v) is 2.13. The van der Waals surface area contributed by atoms with E-state index in [1.165, 1.54) is 0 Å². The smallest absolute Gasteiger partial charge is 0.239 e. The van der Waals surface area contributed by atoms with E-state index < -0.39 is 0 Å². The molecule has 0 amide bonds. The van der Waals surface area contributed by atoms with Gasteiger partial charge < -0.3 is 19.7 Å². The molecule has 1 aromatic heterocycles. The van der Waals surface area contributed by atoms with Crippen LogP contribution in [0.4, 0.5) is 5.82 Å². The minimum atomic E-state index is -0.0427. The lowest BCUT2D eigenvalue weighted by atomic mass is 10.2. The lowest BCUT2D eigenvalue weighted by Gasteiger charge is -2.23. The second-order valence-electron chi connectivity index (χ2n) is 4.82. The van der Waals surface area contributed by atoms with E-state index in [2.05, 4.69) is 15.3 Å². The third-order valence-corrected chi connectivity index (χ3v) is 3.36. The van der Waals surface area contributed by atoms with E-state index in [9.17, 15) is 0 Å². The number of methoxy groups -OCH3 is 1. The first-order valence-electron chi connectivity index (χ1n) is 6.62. The van der Waals surface area contributed by atoms with Gasteiger partial charge in [0, 0.05) is 32.9 Å². The molecule has 7 heteroatoms. The number of likely N-dealkylation sites (N-methyl/N-ethyl adjacent to an activating group) is 1. The number of allylic oxidation sites excluding steroid dienone is 3. The van der Waals surface area contributed by atoms with Gasteiger partial charge in [0.2, 0.25) is 5.88 Å². The van der Waals surface area contributed by atoms with Crippen LogP contribution in [0.5, 0.6) is 5.88 Å². The van der Waals surface area contributed by atoms with Crippen molar-refractivity contribution in [2.24, 2.45) is 0 Å². The first-order chi connectivity index (χ1) is 9.78. The van der Waals surface area contributed by atoms with Crippen molar-refractivity contribution >= 4 is 18.2 Å². The summed E-state index contributed by atoms with van der Waals surface area (Å²) in [6.07, 6.45) is 7.79. The summed E-state index contributed by atoms with van der Waals surface area (Å²) in [5, 5.41) is 3.29. The highest BCUT2D eigenvalue weighted by molar-refractivity contribution is 5.85. The van der Waals surface area contributed by atoms with Crippen molar-refractivity contribution in [3.05, 3.63) is 35.8 Å². The summed E-state index contributed by atoms with van der Waals surface area (Å²) in [6, 6.07) is 0. The van der Waals surface area contributed by atoms with E-state index >= 15 is 0 Å². The van der Waals surface area contributed by atoms with Gasteiger partial charge in [0.25, 0.3) is 0 Å². The molecule has 0 radical (unpaired) electrons. The number of ether oxygens (including phenoxy) is 2. The van der Waals surface area contributed by atoms with Crippen LogP contribution in [-0.4, -0.2) is 43.4 Å². The minimum absolute atomic E-state index is 0. The van der Waals surface area contributed by atoms with Crippen LogP contribution >= 0.6 is 12.4 Å². The zero-order valence-electron chi connectivity index (χ0n) is 12.1. The third-order valence-electron chi connectivity index (χ3n) is 3.36. The number of halogens is 1. The molecule has 0 bridgehead atoms. The number of nitrogens with one attached hydrogen (secondary N) is 1. The van der Waals surface area contributed by atoms with E-state index in [4.69, 9.17) is 9.47 Å². The van der Waals surface area contributed by atoms with Crippen LogP contribution in [0.1, 0.15) is 5.69 Å². The summed E-state index contributed by atoms with van der Waals surface area (Å²) in [5.41, 5.74) is 1.94. The highest BCUT2D eigenvalue weighted by Crippen LogP contribution is 2.24. The van der Waals surface area contributed by atoms with E-state index in [-0.39, 0.29) is 18.5 Å². The molecule has 1 aliphatic carbocycles. The van der Waals surface area contributed by atoms with Gasteiger partial charge in [0.05, 0.1) is 12.8 Å². The van der Waals surface area contributed by atoms with E-state index in [1.54, 1.807) is 13.3 Å². The number of aromatic nitrogens is 2. The highest BCUT2D eigenvalue weighted by Gasteiger charge is 2.21. The third kappa shape index (κ3) is 3.34. The fraction of sp³-hybridized carbons (Fsp3) is 0.429. The Morgan fingerprint density at radius 1 is 1.52 bits per heavy atom. The van der Waals surface area contributed by atoms with Gasteiger partial charge in [-0.25, -0.2) is 0 Å². The standard InChI is InChI=1S/C14H18N4O2.ClH/c1-18(10-4-3-5-10)13-8-16-12-7-15-6-11(9-19-2)20-14(12)17-13;/h3-5,8,11,15H,6-7,9H2,1-2H3;1H/t11-;/m1./s1. The number of hydrogen-bond donors (Lipinski definition) is 1. The van der Waals surface area contributed by atoms with Gasteiger partial charge in [0.1, 0.15) is 11.8 Å². The summed E-state index contributed by atoms with van der Waals surface area (Å²) in [7, 11) is 3.63. The average Bonchev–Trinajstić information content (AvgIpc) is 2.57. The summed E-state index contributed by atoms with van der Waals surface area (Å²) in [5.74, 6) is 1.36. The lowest BCUT2D eigenvalue weighted by Crippen LogP contribution is -2.32.